The molecule has 1 aromatic rings. The zero-order valence-electron chi connectivity index (χ0n) is 20.2. The summed E-state index contributed by atoms with van der Waals surface area (Å²) >= 11 is 0. The van der Waals surface area contributed by atoms with Gasteiger partial charge in [-0.3, -0.25) is 14.4 Å². The van der Waals surface area contributed by atoms with Gasteiger partial charge in [0, 0.05) is 6.54 Å². The first-order valence-electron chi connectivity index (χ1n) is 11.4. The Morgan fingerprint density at radius 1 is 1.24 bits per heavy atom. The molecule has 1 aromatic carbocycles. The Hall–Kier alpha value is -2.89. The van der Waals surface area contributed by atoms with Gasteiger partial charge in [-0.2, -0.15) is 0 Å². The van der Waals surface area contributed by atoms with E-state index in [0.717, 1.165) is 0 Å². The van der Waals surface area contributed by atoms with E-state index in [4.69, 9.17) is 9.84 Å². The molecule has 7 N–H and O–H groups in total. The molecule has 0 unspecified atom stereocenters. The van der Waals surface area contributed by atoms with Crippen molar-refractivity contribution in [1.82, 2.24) is 21.3 Å². The lowest BCUT2D eigenvalue weighted by molar-refractivity contribution is -0.137. The molecule has 1 aliphatic rings. The molecule has 0 aromatic heterocycles. The summed E-state index contributed by atoms with van der Waals surface area (Å²) in [5.41, 5.74) is -1.04. The first kappa shape index (κ1) is 27.4. The Kier molecular flexibility index (Phi) is 9.25. The van der Waals surface area contributed by atoms with Crippen molar-refractivity contribution in [2.24, 2.45) is 5.92 Å². The van der Waals surface area contributed by atoms with Crippen LogP contribution in [0.2, 0.25) is 0 Å². The zero-order chi connectivity index (χ0) is 25.6. The number of carbonyl (C=O) groups excluding carboxylic acids is 3. The summed E-state index contributed by atoms with van der Waals surface area (Å²) in [6.07, 6.45) is -1.07. The number of likely N-dealkylation sites (N-methyl/N-ethyl adjacent to an activating group) is 1. The number of rotatable bonds is 6. The van der Waals surface area contributed by atoms with Gasteiger partial charge in [0.15, 0.2) is 11.5 Å². The van der Waals surface area contributed by atoms with Crippen LogP contribution in [-0.2, 0) is 14.4 Å². The number of hydrogen-bond acceptors (Lipinski definition) is 8. The number of carbonyl (C=O) groups is 3. The summed E-state index contributed by atoms with van der Waals surface area (Å²) in [6, 6.07) is 0.833. The number of aliphatic hydroxyl groups is 2. The molecule has 0 radical (unpaired) electrons. The van der Waals surface area contributed by atoms with E-state index in [-0.39, 0.29) is 37.0 Å². The standard InChI is InChI=1S/C23H36N4O7/c1-6-23(4)19(22(33)25-9-10-28)27-20(31)16(12(2)3)26-21(32)17(24-5)18(30)13-7-8-14(29)15(11-13)34-23/h7-8,11-12,16-19,24,28-30H,6,9-10H2,1-5H3,(H,25,33)(H,26,32)(H,27,31)/t16-,17-,18+,19+,23+/m0/s1. The van der Waals surface area contributed by atoms with Crippen molar-refractivity contribution in [2.75, 3.05) is 20.2 Å². The first-order chi connectivity index (χ1) is 16.0. The highest BCUT2D eigenvalue weighted by Crippen LogP contribution is 2.35. The van der Waals surface area contributed by atoms with Gasteiger partial charge >= 0.3 is 0 Å². The molecule has 2 bridgehead atoms. The van der Waals surface area contributed by atoms with Gasteiger partial charge in [0.05, 0.1) is 6.61 Å². The van der Waals surface area contributed by atoms with Gasteiger partial charge in [-0.25, -0.2) is 0 Å². The fourth-order valence-electron chi connectivity index (χ4n) is 3.79. The lowest BCUT2D eigenvalue weighted by atomic mass is 9.91. The number of aromatic hydroxyl groups is 1. The summed E-state index contributed by atoms with van der Waals surface area (Å²) in [7, 11) is 1.50. The third-order valence-electron chi connectivity index (χ3n) is 6.10. The number of ether oxygens (including phenoxy) is 1. The topological polar surface area (TPSA) is 169 Å². The molecule has 11 heteroatoms. The van der Waals surface area contributed by atoms with Crippen LogP contribution in [-0.4, -0.2) is 77.0 Å². The highest BCUT2D eigenvalue weighted by atomic mass is 16.5. The SMILES string of the molecule is CC[C@@]1(C)Oc2cc(ccc2O)[C@@H](O)[C@H](NC)C(=O)N[C@@H](C(C)C)C(=O)N[C@@H]1C(=O)NCCO. The van der Waals surface area contributed by atoms with E-state index < -0.39 is 47.6 Å². The molecule has 0 aliphatic carbocycles. The smallest absolute Gasteiger partial charge is 0.246 e. The van der Waals surface area contributed by atoms with Gasteiger partial charge < -0.3 is 41.3 Å². The quantitative estimate of drug-likeness (QED) is 0.281. The summed E-state index contributed by atoms with van der Waals surface area (Å²) in [5, 5.41) is 41.2. The number of hydrogen-bond donors (Lipinski definition) is 7. The third-order valence-corrected chi connectivity index (χ3v) is 6.10. The number of fused-ring (bicyclic) bond motifs is 2. The van der Waals surface area contributed by atoms with Crippen molar-refractivity contribution in [2.45, 2.75) is 63.9 Å². The molecule has 0 fully saturated rings. The van der Waals surface area contributed by atoms with Crippen LogP contribution in [0.25, 0.3) is 0 Å². The summed E-state index contributed by atoms with van der Waals surface area (Å²) in [6.45, 7) is 6.51. The Morgan fingerprint density at radius 2 is 1.91 bits per heavy atom. The number of nitrogens with one attached hydrogen (secondary N) is 4. The lowest BCUT2D eigenvalue weighted by Crippen LogP contribution is -2.64. The number of aliphatic hydroxyl groups excluding tert-OH is 2. The predicted molar refractivity (Wildman–Crippen MR) is 124 cm³/mol. The largest absolute Gasteiger partial charge is 0.504 e. The van der Waals surface area contributed by atoms with Crippen LogP contribution in [0.3, 0.4) is 0 Å². The summed E-state index contributed by atoms with van der Waals surface area (Å²) < 4.78 is 6.11. The molecule has 190 valence electrons. The van der Waals surface area contributed by atoms with E-state index in [1.807, 2.05) is 0 Å². The average Bonchev–Trinajstić information content (AvgIpc) is 2.80. The second-order valence-electron chi connectivity index (χ2n) is 8.89. The van der Waals surface area contributed by atoms with E-state index >= 15 is 0 Å². The van der Waals surface area contributed by atoms with Crippen molar-refractivity contribution < 1.29 is 34.4 Å². The highest BCUT2D eigenvalue weighted by Gasteiger charge is 2.44. The number of phenols is 1. The van der Waals surface area contributed by atoms with E-state index in [1.54, 1.807) is 27.7 Å². The van der Waals surface area contributed by atoms with Crippen molar-refractivity contribution >= 4 is 17.7 Å². The van der Waals surface area contributed by atoms with Crippen molar-refractivity contribution in [3.05, 3.63) is 23.8 Å². The highest BCUT2D eigenvalue weighted by molar-refractivity contribution is 5.94. The van der Waals surface area contributed by atoms with Gasteiger partial charge in [-0.1, -0.05) is 26.8 Å². The van der Waals surface area contributed by atoms with Crippen LogP contribution < -0.4 is 26.0 Å². The third kappa shape index (κ3) is 5.96. The molecule has 0 saturated carbocycles. The van der Waals surface area contributed by atoms with Gasteiger partial charge in [0.1, 0.15) is 29.8 Å². The van der Waals surface area contributed by atoms with Crippen LogP contribution in [0.4, 0.5) is 0 Å². The van der Waals surface area contributed by atoms with Crippen molar-refractivity contribution in [3.63, 3.8) is 0 Å². The Balaban J connectivity index is 2.67. The van der Waals surface area contributed by atoms with E-state index in [2.05, 4.69) is 21.3 Å². The molecule has 34 heavy (non-hydrogen) atoms. The zero-order valence-corrected chi connectivity index (χ0v) is 20.2. The van der Waals surface area contributed by atoms with Crippen molar-refractivity contribution in [3.8, 4) is 11.5 Å². The van der Waals surface area contributed by atoms with Crippen molar-refractivity contribution in [1.29, 1.82) is 0 Å². The van der Waals surface area contributed by atoms with Crippen LogP contribution in [0.1, 0.15) is 45.8 Å². The second kappa shape index (κ2) is 11.5. The van der Waals surface area contributed by atoms with Gasteiger partial charge in [0.25, 0.3) is 0 Å². The molecule has 1 aliphatic heterocycles. The van der Waals surface area contributed by atoms with Crippen LogP contribution in [0.5, 0.6) is 11.5 Å². The Bertz CT molecular complexity index is 894. The maximum Gasteiger partial charge on any atom is 0.246 e. The summed E-state index contributed by atoms with van der Waals surface area (Å²) in [5.74, 6) is -2.43. The van der Waals surface area contributed by atoms with Gasteiger partial charge in [-0.05, 0) is 44.0 Å². The minimum atomic E-state index is -1.34. The van der Waals surface area contributed by atoms with Crippen LogP contribution in [0.15, 0.2) is 18.2 Å². The maximum absolute atomic E-state index is 13.3. The lowest BCUT2D eigenvalue weighted by Gasteiger charge is -2.38. The Morgan fingerprint density at radius 3 is 2.47 bits per heavy atom. The minimum Gasteiger partial charge on any atom is -0.504 e. The molecular formula is C23H36N4O7. The normalized spacial score (nSPS) is 28.0. The molecular weight excluding hydrogens is 444 g/mol. The fourth-order valence-corrected chi connectivity index (χ4v) is 3.79. The predicted octanol–water partition coefficient (Wildman–Crippen LogP) is -0.691. The van der Waals surface area contributed by atoms with Crippen LogP contribution >= 0.6 is 0 Å². The fraction of sp³-hybridized carbons (Fsp3) is 0.609. The maximum atomic E-state index is 13.3. The monoisotopic (exact) mass is 480 g/mol. The number of phenolic OH excluding ortho intramolecular Hbond substituents is 1. The molecule has 11 nitrogen and oxygen atoms in total. The average molecular weight is 481 g/mol. The number of benzene rings is 1. The molecule has 3 amide bonds. The van der Waals surface area contributed by atoms with Gasteiger partial charge in [-0.15, -0.1) is 0 Å². The first-order valence-corrected chi connectivity index (χ1v) is 11.4. The van der Waals surface area contributed by atoms with E-state index in [9.17, 15) is 24.6 Å². The Labute approximate surface area is 199 Å². The van der Waals surface area contributed by atoms with Gasteiger partial charge in [0.2, 0.25) is 17.7 Å². The minimum absolute atomic E-state index is 0.0231. The van der Waals surface area contributed by atoms with E-state index in [1.165, 1.54) is 25.2 Å². The van der Waals surface area contributed by atoms with Crippen LogP contribution in [0, 0.1) is 5.92 Å². The second-order valence-corrected chi connectivity index (χ2v) is 8.89. The summed E-state index contributed by atoms with van der Waals surface area (Å²) in [4.78, 5) is 39.3. The molecule has 0 saturated heterocycles. The molecule has 2 rings (SSSR count). The molecule has 1 heterocycles. The number of amides is 3. The molecule has 0 spiro atoms. The van der Waals surface area contributed by atoms with E-state index in [0.29, 0.717) is 5.56 Å². The molecule has 5 atom stereocenters.